The molecule has 1 aliphatic heterocycles. The van der Waals surface area contributed by atoms with Crippen LogP contribution in [0, 0.1) is 0 Å². The molecule has 0 saturated carbocycles. The number of ether oxygens (including phenoxy) is 1. The number of carbonyl (C=O) groups is 3. The maximum absolute atomic E-state index is 12.7. The fraction of sp³-hybridized carbons (Fsp3) is 0.143. The van der Waals surface area contributed by atoms with Crippen LogP contribution in [0.4, 0.5) is 5.69 Å². The first-order valence-electron chi connectivity index (χ1n) is 8.95. The predicted octanol–water partition coefficient (Wildman–Crippen LogP) is 3.47. The van der Waals surface area contributed by atoms with Gasteiger partial charge in [0.1, 0.15) is 5.75 Å². The summed E-state index contributed by atoms with van der Waals surface area (Å²) >= 11 is 1.23. The number of thioether (sulfide) groups is 1. The van der Waals surface area contributed by atoms with Crippen molar-refractivity contribution in [3.05, 3.63) is 64.6 Å². The summed E-state index contributed by atoms with van der Waals surface area (Å²) in [6.07, 6.45) is 1.73. The normalized spacial score (nSPS) is 16.3. The van der Waals surface area contributed by atoms with E-state index >= 15 is 0 Å². The second-order valence-corrected chi connectivity index (χ2v) is 7.17. The van der Waals surface area contributed by atoms with Crippen molar-refractivity contribution in [1.82, 2.24) is 4.90 Å². The van der Waals surface area contributed by atoms with Crippen molar-refractivity contribution in [2.45, 2.75) is 6.92 Å². The maximum atomic E-state index is 12.7. The third-order valence-corrected chi connectivity index (χ3v) is 5.09. The minimum absolute atomic E-state index is 0.165. The van der Waals surface area contributed by atoms with Crippen molar-refractivity contribution in [3.63, 3.8) is 0 Å². The molecule has 0 bridgehead atoms. The average Bonchev–Trinajstić information content (AvgIpc) is 3.01. The number of likely N-dealkylation sites (N-methyl/N-ethyl adjacent to an activating group) is 1. The Morgan fingerprint density at radius 1 is 1.10 bits per heavy atom. The van der Waals surface area contributed by atoms with E-state index in [1.54, 1.807) is 47.4 Å². The maximum Gasteiger partial charge on any atom is 0.341 e. The highest BCUT2D eigenvalue weighted by atomic mass is 32.2. The number of aliphatic imine (C=N–C) groups is 1. The SMILES string of the molecule is CCN1C(=O)/C(=C/c2ccc(OCC(=O)O)cc2)SC1=Nc1ccc(C(=O)O)cc1. The minimum Gasteiger partial charge on any atom is -0.482 e. The number of hydrogen-bond donors (Lipinski definition) is 2. The Bertz CT molecular complexity index is 1030. The van der Waals surface area contributed by atoms with Gasteiger partial charge in [-0.25, -0.2) is 14.6 Å². The topological polar surface area (TPSA) is 117 Å². The largest absolute Gasteiger partial charge is 0.482 e. The molecule has 8 nitrogen and oxygen atoms in total. The Hall–Kier alpha value is -3.59. The summed E-state index contributed by atoms with van der Waals surface area (Å²) in [5, 5.41) is 18.1. The molecule has 1 aliphatic rings. The molecular weight excluding hydrogens is 408 g/mol. The number of aromatic carboxylic acids is 1. The molecule has 0 unspecified atom stereocenters. The fourth-order valence-electron chi connectivity index (χ4n) is 2.62. The van der Waals surface area contributed by atoms with Gasteiger partial charge in [-0.15, -0.1) is 0 Å². The van der Waals surface area contributed by atoms with Crippen LogP contribution in [0.2, 0.25) is 0 Å². The molecule has 154 valence electrons. The van der Waals surface area contributed by atoms with E-state index in [1.165, 1.54) is 23.9 Å². The van der Waals surface area contributed by atoms with E-state index in [2.05, 4.69) is 4.99 Å². The van der Waals surface area contributed by atoms with Crippen molar-refractivity contribution in [3.8, 4) is 5.75 Å². The lowest BCUT2D eigenvalue weighted by Crippen LogP contribution is -2.28. The molecule has 0 aliphatic carbocycles. The quantitative estimate of drug-likeness (QED) is 0.651. The van der Waals surface area contributed by atoms with Gasteiger partial charge in [0, 0.05) is 6.54 Å². The monoisotopic (exact) mass is 426 g/mol. The highest BCUT2D eigenvalue weighted by Crippen LogP contribution is 2.34. The molecule has 2 N–H and O–H groups in total. The fourth-order valence-corrected chi connectivity index (χ4v) is 3.68. The van der Waals surface area contributed by atoms with Crippen LogP contribution in [0.15, 0.2) is 58.4 Å². The van der Waals surface area contributed by atoms with Crippen LogP contribution < -0.4 is 4.74 Å². The molecule has 1 saturated heterocycles. The van der Waals surface area contributed by atoms with Crippen molar-refractivity contribution < 1.29 is 29.3 Å². The molecule has 0 atom stereocenters. The lowest BCUT2D eigenvalue weighted by molar-refractivity contribution is -0.139. The lowest BCUT2D eigenvalue weighted by Gasteiger charge is -2.12. The van der Waals surface area contributed by atoms with E-state index in [0.29, 0.717) is 28.1 Å². The molecule has 1 fully saturated rings. The molecule has 1 heterocycles. The van der Waals surface area contributed by atoms with E-state index in [1.807, 2.05) is 6.92 Å². The van der Waals surface area contributed by atoms with E-state index in [0.717, 1.165) is 5.56 Å². The summed E-state index contributed by atoms with van der Waals surface area (Å²) in [6, 6.07) is 12.8. The molecule has 1 amide bonds. The second-order valence-electron chi connectivity index (χ2n) is 6.16. The Kier molecular flexibility index (Phi) is 6.53. The molecule has 2 aromatic rings. The van der Waals surface area contributed by atoms with Crippen LogP contribution in [-0.4, -0.2) is 51.3 Å². The van der Waals surface area contributed by atoms with Gasteiger partial charge in [0.25, 0.3) is 5.91 Å². The van der Waals surface area contributed by atoms with Gasteiger partial charge >= 0.3 is 11.9 Å². The first-order valence-corrected chi connectivity index (χ1v) is 9.77. The van der Waals surface area contributed by atoms with E-state index in [-0.39, 0.29) is 11.5 Å². The van der Waals surface area contributed by atoms with Gasteiger partial charge in [-0.2, -0.15) is 0 Å². The van der Waals surface area contributed by atoms with Gasteiger partial charge in [0.2, 0.25) is 0 Å². The van der Waals surface area contributed by atoms with Crippen molar-refractivity contribution in [2.75, 3.05) is 13.2 Å². The zero-order chi connectivity index (χ0) is 21.7. The highest BCUT2D eigenvalue weighted by molar-refractivity contribution is 8.18. The second kappa shape index (κ2) is 9.27. The predicted molar refractivity (Wildman–Crippen MR) is 113 cm³/mol. The molecular formula is C21H18N2O6S. The van der Waals surface area contributed by atoms with Gasteiger partial charge in [0.15, 0.2) is 11.8 Å². The van der Waals surface area contributed by atoms with Gasteiger partial charge in [-0.1, -0.05) is 12.1 Å². The molecule has 2 aromatic carbocycles. The number of carboxylic acids is 2. The first kappa shape index (κ1) is 21.1. The van der Waals surface area contributed by atoms with Crippen LogP contribution in [0.1, 0.15) is 22.8 Å². The number of aliphatic carboxylic acids is 1. The minimum atomic E-state index is -1.06. The standard InChI is InChI=1S/C21H18N2O6S/c1-2-23-19(26)17(11-13-3-9-16(10-4-13)29-12-18(24)25)30-21(23)22-15-7-5-14(6-8-15)20(27)28/h3-11H,2,12H2,1H3,(H,24,25)(H,27,28)/b17-11-,22-21?. The molecule has 3 rings (SSSR count). The van der Waals surface area contributed by atoms with Crippen LogP contribution >= 0.6 is 11.8 Å². The van der Waals surface area contributed by atoms with Crippen molar-refractivity contribution in [2.24, 2.45) is 4.99 Å². The number of amides is 1. The van der Waals surface area contributed by atoms with Crippen LogP contribution in [-0.2, 0) is 9.59 Å². The summed E-state index contributed by atoms with van der Waals surface area (Å²) in [5.41, 5.74) is 1.48. The molecule has 0 radical (unpaired) electrons. The lowest BCUT2D eigenvalue weighted by atomic mass is 10.2. The Labute approximate surface area is 176 Å². The number of hydrogen-bond acceptors (Lipinski definition) is 6. The van der Waals surface area contributed by atoms with Crippen LogP contribution in [0.5, 0.6) is 5.75 Å². The van der Waals surface area contributed by atoms with Crippen LogP contribution in [0.3, 0.4) is 0 Å². The van der Waals surface area contributed by atoms with E-state index in [9.17, 15) is 14.4 Å². The first-order chi connectivity index (χ1) is 14.4. The molecule has 30 heavy (non-hydrogen) atoms. The van der Waals surface area contributed by atoms with Gasteiger partial charge in [-0.05, 0) is 66.7 Å². The number of benzene rings is 2. The van der Waals surface area contributed by atoms with Crippen LogP contribution in [0.25, 0.3) is 6.08 Å². The zero-order valence-electron chi connectivity index (χ0n) is 15.9. The third kappa shape index (κ3) is 5.06. The van der Waals surface area contributed by atoms with Crippen molar-refractivity contribution in [1.29, 1.82) is 0 Å². The summed E-state index contributed by atoms with van der Waals surface area (Å²) in [5.74, 6) is -1.82. The Morgan fingerprint density at radius 3 is 2.33 bits per heavy atom. The zero-order valence-corrected chi connectivity index (χ0v) is 16.8. The summed E-state index contributed by atoms with van der Waals surface area (Å²) in [4.78, 5) is 40.8. The summed E-state index contributed by atoms with van der Waals surface area (Å²) in [6.45, 7) is 1.86. The number of carboxylic acid groups (broad SMARTS) is 2. The Balaban J connectivity index is 1.79. The molecule has 0 aromatic heterocycles. The molecule has 9 heteroatoms. The highest BCUT2D eigenvalue weighted by Gasteiger charge is 2.32. The summed E-state index contributed by atoms with van der Waals surface area (Å²) < 4.78 is 5.10. The smallest absolute Gasteiger partial charge is 0.341 e. The summed E-state index contributed by atoms with van der Waals surface area (Å²) in [7, 11) is 0. The number of rotatable bonds is 7. The van der Waals surface area contributed by atoms with Gasteiger partial charge in [-0.3, -0.25) is 9.69 Å². The van der Waals surface area contributed by atoms with Crippen molar-refractivity contribution >= 4 is 46.5 Å². The number of nitrogens with zero attached hydrogens (tertiary/aromatic N) is 2. The number of carbonyl (C=O) groups excluding carboxylic acids is 1. The van der Waals surface area contributed by atoms with E-state index in [4.69, 9.17) is 14.9 Å². The Morgan fingerprint density at radius 2 is 1.77 bits per heavy atom. The molecule has 0 spiro atoms. The van der Waals surface area contributed by atoms with E-state index < -0.39 is 18.5 Å². The van der Waals surface area contributed by atoms with Gasteiger partial charge < -0.3 is 14.9 Å². The van der Waals surface area contributed by atoms with Gasteiger partial charge in [0.05, 0.1) is 16.2 Å². The third-order valence-electron chi connectivity index (χ3n) is 4.08. The number of amidine groups is 1. The average molecular weight is 426 g/mol.